The van der Waals surface area contributed by atoms with Crippen LogP contribution in [0.2, 0.25) is 0 Å². The van der Waals surface area contributed by atoms with Crippen molar-refractivity contribution in [1.29, 1.82) is 5.26 Å². The minimum absolute atomic E-state index is 0.539. The van der Waals surface area contributed by atoms with E-state index in [1.807, 2.05) is 6.07 Å². The van der Waals surface area contributed by atoms with Gasteiger partial charge in [-0.25, -0.2) is 0 Å². The first-order valence-electron chi connectivity index (χ1n) is 7.51. The molecular weight excluding hydrogens is 268 g/mol. The number of rotatable bonds is 4. The highest BCUT2D eigenvalue weighted by molar-refractivity contribution is 5.97. The molecule has 2 heteroatoms. The van der Waals surface area contributed by atoms with E-state index < -0.39 is 0 Å². The average molecular weight is 286 g/mol. The molecule has 0 aliphatic carbocycles. The predicted molar refractivity (Wildman–Crippen MR) is 91.4 cm³/mol. The SMILES string of the molecule is Cc1ccccc1/C(=C/CCC#N)c1c[nH]c2ccccc12. The van der Waals surface area contributed by atoms with Gasteiger partial charge >= 0.3 is 0 Å². The molecule has 0 fully saturated rings. The number of nitrogens with one attached hydrogen (secondary N) is 1. The molecule has 2 nitrogen and oxygen atoms in total. The van der Waals surface area contributed by atoms with Crippen molar-refractivity contribution in [2.75, 3.05) is 0 Å². The quantitative estimate of drug-likeness (QED) is 0.657. The van der Waals surface area contributed by atoms with Gasteiger partial charge < -0.3 is 4.98 Å². The molecular formula is C20H18N2. The summed E-state index contributed by atoms with van der Waals surface area (Å²) in [6.07, 6.45) is 5.55. The number of hydrogen-bond donors (Lipinski definition) is 1. The summed E-state index contributed by atoms with van der Waals surface area (Å²) >= 11 is 0. The molecule has 3 aromatic rings. The van der Waals surface area contributed by atoms with E-state index in [2.05, 4.69) is 72.7 Å². The monoisotopic (exact) mass is 286 g/mol. The van der Waals surface area contributed by atoms with Crippen molar-refractivity contribution in [3.63, 3.8) is 0 Å². The third kappa shape index (κ3) is 2.66. The maximum absolute atomic E-state index is 8.82. The van der Waals surface area contributed by atoms with Gasteiger partial charge in [0.1, 0.15) is 0 Å². The Labute approximate surface area is 130 Å². The molecule has 0 bridgehead atoms. The van der Waals surface area contributed by atoms with Crippen LogP contribution in [0, 0.1) is 18.3 Å². The van der Waals surface area contributed by atoms with Crippen molar-refractivity contribution in [3.8, 4) is 6.07 Å². The minimum atomic E-state index is 0.539. The summed E-state index contributed by atoms with van der Waals surface area (Å²) in [5.74, 6) is 0. The Morgan fingerprint density at radius 3 is 2.68 bits per heavy atom. The maximum Gasteiger partial charge on any atom is 0.0625 e. The average Bonchev–Trinajstić information content (AvgIpc) is 2.97. The Balaban J connectivity index is 2.16. The summed E-state index contributed by atoms with van der Waals surface area (Å²) in [6, 6.07) is 18.9. The van der Waals surface area contributed by atoms with Crippen LogP contribution in [-0.4, -0.2) is 4.98 Å². The lowest BCUT2D eigenvalue weighted by molar-refractivity contribution is 1.06. The zero-order valence-corrected chi connectivity index (χ0v) is 12.6. The number of nitrogens with zero attached hydrogens (tertiary/aromatic N) is 1. The highest BCUT2D eigenvalue weighted by atomic mass is 14.7. The van der Waals surface area contributed by atoms with E-state index in [0.29, 0.717) is 6.42 Å². The van der Waals surface area contributed by atoms with Gasteiger partial charge in [0.05, 0.1) is 6.07 Å². The Hall–Kier alpha value is -2.79. The molecule has 3 rings (SSSR count). The number of nitriles is 1. The summed E-state index contributed by atoms with van der Waals surface area (Å²) in [5, 5.41) is 10.0. The Kier molecular flexibility index (Phi) is 4.07. The summed E-state index contributed by atoms with van der Waals surface area (Å²) in [4.78, 5) is 3.34. The molecule has 108 valence electrons. The molecule has 0 aliphatic heterocycles. The van der Waals surface area contributed by atoms with Crippen LogP contribution in [0.4, 0.5) is 0 Å². The highest BCUT2D eigenvalue weighted by Crippen LogP contribution is 2.32. The van der Waals surface area contributed by atoms with Crippen LogP contribution in [0.3, 0.4) is 0 Å². The van der Waals surface area contributed by atoms with Crippen molar-refractivity contribution in [1.82, 2.24) is 4.98 Å². The van der Waals surface area contributed by atoms with Crippen LogP contribution in [0.15, 0.2) is 60.8 Å². The van der Waals surface area contributed by atoms with E-state index in [-0.39, 0.29) is 0 Å². The van der Waals surface area contributed by atoms with E-state index in [1.165, 1.54) is 27.6 Å². The second-order valence-corrected chi connectivity index (χ2v) is 5.38. The molecule has 2 aromatic carbocycles. The Bertz CT molecular complexity index is 863. The number of H-pyrrole nitrogens is 1. The zero-order valence-electron chi connectivity index (χ0n) is 12.6. The smallest absolute Gasteiger partial charge is 0.0625 e. The minimum Gasteiger partial charge on any atom is -0.361 e. The largest absolute Gasteiger partial charge is 0.361 e. The molecule has 0 unspecified atom stereocenters. The predicted octanol–water partition coefficient (Wildman–Crippen LogP) is 5.21. The summed E-state index contributed by atoms with van der Waals surface area (Å²) < 4.78 is 0. The number of allylic oxidation sites excluding steroid dienone is 1. The second kappa shape index (κ2) is 6.32. The van der Waals surface area contributed by atoms with E-state index in [9.17, 15) is 0 Å². The lowest BCUT2D eigenvalue weighted by Gasteiger charge is -2.10. The lowest BCUT2D eigenvalue weighted by Crippen LogP contribution is -1.91. The van der Waals surface area contributed by atoms with E-state index in [1.54, 1.807) is 0 Å². The molecule has 0 spiro atoms. The molecule has 22 heavy (non-hydrogen) atoms. The van der Waals surface area contributed by atoms with Crippen molar-refractivity contribution in [2.24, 2.45) is 0 Å². The van der Waals surface area contributed by atoms with Crippen LogP contribution >= 0.6 is 0 Å². The Morgan fingerprint density at radius 2 is 1.86 bits per heavy atom. The summed E-state index contributed by atoms with van der Waals surface area (Å²) in [5.41, 5.74) is 6.01. The molecule has 0 radical (unpaired) electrons. The fraction of sp³-hybridized carbons (Fsp3) is 0.150. The molecule has 0 saturated heterocycles. The van der Waals surface area contributed by atoms with Crippen molar-refractivity contribution in [2.45, 2.75) is 19.8 Å². The van der Waals surface area contributed by atoms with Gasteiger partial charge in [-0.3, -0.25) is 0 Å². The van der Waals surface area contributed by atoms with Crippen molar-refractivity contribution < 1.29 is 0 Å². The molecule has 0 aliphatic rings. The fourth-order valence-corrected chi connectivity index (χ4v) is 2.82. The number of unbranched alkanes of at least 4 members (excludes halogenated alkanes) is 1. The van der Waals surface area contributed by atoms with E-state index in [4.69, 9.17) is 5.26 Å². The van der Waals surface area contributed by atoms with Gasteiger partial charge in [-0.1, -0.05) is 48.5 Å². The Morgan fingerprint density at radius 1 is 1.09 bits per heavy atom. The first kappa shape index (κ1) is 14.2. The zero-order chi connectivity index (χ0) is 15.4. The molecule has 0 amide bonds. The lowest BCUT2D eigenvalue weighted by atomic mass is 9.93. The van der Waals surface area contributed by atoms with E-state index >= 15 is 0 Å². The van der Waals surface area contributed by atoms with Crippen molar-refractivity contribution in [3.05, 3.63) is 77.5 Å². The van der Waals surface area contributed by atoms with Gasteiger partial charge in [0.2, 0.25) is 0 Å². The normalized spacial score (nSPS) is 11.5. The van der Waals surface area contributed by atoms with Crippen molar-refractivity contribution >= 4 is 16.5 Å². The van der Waals surface area contributed by atoms with Gasteiger partial charge in [-0.15, -0.1) is 0 Å². The van der Waals surface area contributed by atoms with Crippen LogP contribution in [0.1, 0.15) is 29.5 Å². The van der Waals surface area contributed by atoms with Crippen LogP contribution in [-0.2, 0) is 0 Å². The first-order chi connectivity index (χ1) is 10.8. The highest BCUT2D eigenvalue weighted by Gasteiger charge is 2.11. The van der Waals surface area contributed by atoms with Gasteiger partial charge in [-0.2, -0.15) is 5.26 Å². The summed E-state index contributed by atoms with van der Waals surface area (Å²) in [7, 11) is 0. The summed E-state index contributed by atoms with van der Waals surface area (Å²) in [6.45, 7) is 2.13. The maximum atomic E-state index is 8.82. The molecule has 1 N–H and O–H groups in total. The number of aromatic amines is 1. The van der Waals surface area contributed by atoms with E-state index in [0.717, 1.165) is 11.9 Å². The van der Waals surface area contributed by atoms with Gasteiger partial charge in [0.25, 0.3) is 0 Å². The third-order valence-electron chi connectivity index (χ3n) is 3.92. The number of aryl methyl sites for hydroxylation is 1. The number of fused-ring (bicyclic) bond motifs is 1. The van der Waals surface area contributed by atoms with Gasteiger partial charge in [-0.05, 0) is 36.1 Å². The third-order valence-corrected chi connectivity index (χ3v) is 3.92. The number of para-hydroxylation sites is 1. The van der Waals surface area contributed by atoms with Gasteiger partial charge in [0, 0.05) is 29.1 Å². The molecule has 0 saturated carbocycles. The number of aromatic nitrogens is 1. The number of hydrogen-bond acceptors (Lipinski definition) is 1. The standard InChI is InChI=1S/C20H18N2/c1-15-8-2-3-9-16(15)17(10-6-7-13-21)19-14-22-20-12-5-4-11-18(19)20/h2-5,8-12,14,22H,6-7H2,1H3/b17-10-. The van der Waals surface area contributed by atoms with Gasteiger partial charge in [0.15, 0.2) is 0 Å². The van der Waals surface area contributed by atoms with Crippen LogP contribution in [0.25, 0.3) is 16.5 Å². The fourth-order valence-electron chi connectivity index (χ4n) is 2.82. The topological polar surface area (TPSA) is 39.6 Å². The second-order valence-electron chi connectivity index (χ2n) is 5.38. The van der Waals surface area contributed by atoms with Crippen LogP contribution in [0.5, 0.6) is 0 Å². The first-order valence-corrected chi connectivity index (χ1v) is 7.51. The van der Waals surface area contributed by atoms with Crippen LogP contribution < -0.4 is 0 Å². The molecule has 1 heterocycles. The molecule has 0 atom stereocenters. The number of benzene rings is 2. The molecule has 1 aromatic heterocycles.